The van der Waals surface area contributed by atoms with E-state index in [1.54, 1.807) is 0 Å². The minimum absolute atomic E-state index is 0.0445. The Bertz CT molecular complexity index is 282. The third-order valence-corrected chi connectivity index (χ3v) is 5.04. The van der Waals surface area contributed by atoms with Crippen LogP contribution in [0.4, 0.5) is 0 Å². The lowest BCUT2D eigenvalue weighted by molar-refractivity contribution is 0.517. The van der Waals surface area contributed by atoms with E-state index in [0.29, 0.717) is 6.42 Å². The quantitative estimate of drug-likeness (QED) is 0.685. The van der Waals surface area contributed by atoms with Crippen LogP contribution >= 0.6 is 0 Å². The maximum absolute atomic E-state index is 11.8. The predicted octanol–water partition coefficient (Wildman–Crippen LogP) is 0.832. The summed E-state index contributed by atoms with van der Waals surface area (Å²) in [5, 5.41) is -0.445. The second kappa shape index (κ2) is 5.27. The maximum Gasteiger partial charge on any atom is 0.215 e. The minimum Gasteiger partial charge on any atom is -0.329 e. The largest absolute Gasteiger partial charge is 0.329 e. The number of hydrogen-bond acceptors (Lipinski definition) is 3. The summed E-state index contributed by atoms with van der Waals surface area (Å²) in [4.78, 5) is 0. The molecule has 90 valence electrons. The lowest BCUT2D eigenvalue weighted by Gasteiger charge is -2.18. The van der Waals surface area contributed by atoms with Crippen LogP contribution in [-0.2, 0) is 10.0 Å². The van der Waals surface area contributed by atoms with Crippen molar-refractivity contribution in [3.63, 3.8) is 0 Å². The van der Waals surface area contributed by atoms with E-state index in [0.717, 1.165) is 12.3 Å². The van der Waals surface area contributed by atoms with Gasteiger partial charge in [0.1, 0.15) is 0 Å². The summed E-state index contributed by atoms with van der Waals surface area (Å²) in [6.07, 6.45) is 4.03. The molecular weight excluding hydrogens is 212 g/mol. The maximum atomic E-state index is 11.8. The molecule has 1 rings (SSSR count). The fourth-order valence-electron chi connectivity index (χ4n) is 1.79. The van der Waals surface area contributed by atoms with Gasteiger partial charge in [0.15, 0.2) is 0 Å². The summed E-state index contributed by atoms with van der Waals surface area (Å²) in [7, 11) is -3.21. The second-order valence-corrected chi connectivity index (χ2v) is 6.50. The Kier molecular flexibility index (Phi) is 4.55. The van der Waals surface area contributed by atoms with Crippen molar-refractivity contribution in [2.45, 2.75) is 50.8 Å². The molecule has 1 aliphatic carbocycles. The molecule has 0 aliphatic heterocycles. The van der Waals surface area contributed by atoms with Crippen molar-refractivity contribution < 1.29 is 8.42 Å². The number of hydrogen-bond donors (Lipinski definition) is 2. The number of nitrogens with one attached hydrogen (secondary N) is 1. The van der Waals surface area contributed by atoms with Crippen molar-refractivity contribution in [1.82, 2.24) is 4.72 Å². The third kappa shape index (κ3) is 4.09. The molecule has 1 aliphatic rings. The number of sulfonamides is 1. The van der Waals surface area contributed by atoms with Gasteiger partial charge in [-0.25, -0.2) is 13.1 Å². The monoisotopic (exact) mass is 234 g/mol. The Balaban J connectivity index is 2.45. The molecule has 1 saturated carbocycles. The molecule has 0 aromatic rings. The molecule has 0 bridgehead atoms. The van der Waals surface area contributed by atoms with E-state index in [1.807, 2.05) is 13.8 Å². The molecule has 0 radical (unpaired) electrons. The molecule has 0 aromatic carbocycles. The van der Waals surface area contributed by atoms with Crippen molar-refractivity contribution >= 4 is 10.0 Å². The topological polar surface area (TPSA) is 72.2 Å². The number of rotatable bonds is 7. The van der Waals surface area contributed by atoms with Crippen LogP contribution in [0.15, 0.2) is 0 Å². The normalized spacial score (nSPS) is 21.3. The molecule has 1 fully saturated rings. The smallest absolute Gasteiger partial charge is 0.215 e. The van der Waals surface area contributed by atoms with Crippen molar-refractivity contribution in [3.05, 3.63) is 0 Å². The first kappa shape index (κ1) is 12.9. The van der Waals surface area contributed by atoms with Gasteiger partial charge in [0.25, 0.3) is 0 Å². The summed E-state index contributed by atoms with van der Waals surface area (Å²) >= 11 is 0. The Hall–Kier alpha value is -0.130. The van der Waals surface area contributed by atoms with Gasteiger partial charge >= 0.3 is 0 Å². The third-order valence-electron chi connectivity index (χ3n) is 2.91. The fraction of sp³-hybridized carbons (Fsp3) is 1.00. The van der Waals surface area contributed by atoms with Gasteiger partial charge in [-0.05, 0) is 25.7 Å². The minimum atomic E-state index is -3.21. The van der Waals surface area contributed by atoms with Crippen LogP contribution in [0.3, 0.4) is 0 Å². The Morgan fingerprint density at radius 2 is 2.07 bits per heavy atom. The molecule has 3 N–H and O–H groups in total. The lowest BCUT2D eigenvalue weighted by Crippen LogP contribution is -2.42. The summed E-state index contributed by atoms with van der Waals surface area (Å²) in [5.41, 5.74) is 5.44. The van der Waals surface area contributed by atoms with E-state index in [4.69, 9.17) is 5.73 Å². The van der Waals surface area contributed by atoms with Crippen LogP contribution < -0.4 is 10.5 Å². The Morgan fingerprint density at radius 1 is 1.47 bits per heavy atom. The first-order valence-corrected chi connectivity index (χ1v) is 7.25. The summed E-state index contributed by atoms with van der Waals surface area (Å²) < 4.78 is 26.3. The van der Waals surface area contributed by atoms with Crippen LogP contribution in [0.2, 0.25) is 0 Å². The van der Waals surface area contributed by atoms with Crippen LogP contribution in [0, 0.1) is 5.92 Å². The summed E-state index contributed by atoms with van der Waals surface area (Å²) in [6.45, 7) is 3.98. The van der Waals surface area contributed by atoms with Gasteiger partial charge in [-0.15, -0.1) is 0 Å². The molecule has 0 heterocycles. The van der Waals surface area contributed by atoms with Gasteiger partial charge in [0, 0.05) is 12.6 Å². The van der Waals surface area contributed by atoms with Crippen molar-refractivity contribution in [2.75, 3.05) is 6.54 Å². The second-order valence-electron chi connectivity index (χ2n) is 4.51. The zero-order chi connectivity index (χ0) is 11.5. The van der Waals surface area contributed by atoms with Gasteiger partial charge in [-0.3, -0.25) is 0 Å². The van der Waals surface area contributed by atoms with Crippen molar-refractivity contribution in [3.8, 4) is 0 Å². The van der Waals surface area contributed by atoms with Crippen LogP contribution in [0.5, 0.6) is 0 Å². The SMILES string of the molecule is CCC(CN)S(=O)(=O)NC(C)CC1CC1. The van der Waals surface area contributed by atoms with Crippen LogP contribution in [-0.4, -0.2) is 26.3 Å². The standard InChI is InChI=1S/C10H22N2O2S/c1-3-10(7-11)15(13,14)12-8(2)6-9-4-5-9/h8-10,12H,3-7,11H2,1-2H3. The highest BCUT2D eigenvalue weighted by atomic mass is 32.2. The van der Waals surface area contributed by atoms with E-state index >= 15 is 0 Å². The Morgan fingerprint density at radius 3 is 2.47 bits per heavy atom. The number of nitrogens with two attached hydrogens (primary N) is 1. The van der Waals surface area contributed by atoms with Gasteiger partial charge in [-0.2, -0.15) is 0 Å². The molecule has 0 saturated heterocycles. The van der Waals surface area contributed by atoms with Crippen LogP contribution in [0.1, 0.15) is 39.5 Å². The predicted molar refractivity (Wildman–Crippen MR) is 62.0 cm³/mol. The molecule has 5 heteroatoms. The molecule has 4 nitrogen and oxygen atoms in total. The highest BCUT2D eigenvalue weighted by molar-refractivity contribution is 7.90. The highest BCUT2D eigenvalue weighted by Crippen LogP contribution is 2.33. The molecule has 0 amide bonds. The fourth-order valence-corrected chi connectivity index (χ4v) is 3.33. The lowest BCUT2D eigenvalue weighted by atomic mass is 10.2. The Labute approximate surface area is 92.7 Å². The molecule has 0 spiro atoms. The van der Waals surface area contributed by atoms with Gasteiger partial charge in [0.05, 0.1) is 5.25 Å². The van der Waals surface area contributed by atoms with E-state index in [-0.39, 0.29) is 12.6 Å². The molecular formula is C10H22N2O2S. The summed E-state index contributed by atoms with van der Waals surface area (Å²) in [5.74, 6) is 0.737. The van der Waals surface area contributed by atoms with Gasteiger partial charge in [0.2, 0.25) is 10.0 Å². The first-order chi connectivity index (χ1) is 6.99. The van der Waals surface area contributed by atoms with E-state index in [1.165, 1.54) is 12.8 Å². The van der Waals surface area contributed by atoms with Crippen molar-refractivity contribution in [2.24, 2.45) is 11.7 Å². The van der Waals surface area contributed by atoms with E-state index in [2.05, 4.69) is 4.72 Å². The molecule has 15 heavy (non-hydrogen) atoms. The molecule has 2 atom stereocenters. The average molecular weight is 234 g/mol. The molecule has 2 unspecified atom stereocenters. The van der Waals surface area contributed by atoms with E-state index < -0.39 is 15.3 Å². The van der Waals surface area contributed by atoms with Crippen LogP contribution in [0.25, 0.3) is 0 Å². The highest BCUT2D eigenvalue weighted by Gasteiger charge is 2.28. The van der Waals surface area contributed by atoms with Crippen molar-refractivity contribution in [1.29, 1.82) is 0 Å². The first-order valence-electron chi connectivity index (χ1n) is 5.70. The summed E-state index contributed by atoms with van der Waals surface area (Å²) in [6, 6.07) is 0.0445. The van der Waals surface area contributed by atoms with E-state index in [9.17, 15) is 8.42 Å². The zero-order valence-corrected chi connectivity index (χ0v) is 10.4. The van der Waals surface area contributed by atoms with Gasteiger partial charge < -0.3 is 5.73 Å². The molecule has 0 aromatic heterocycles. The average Bonchev–Trinajstić information content (AvgIpc) is 2.88. The van der Waals surface area contributed by atoms with Gasteiger partial charge in [-0.1, -0.05) is 19.8 Å². The zero-order valence-electron chi connectivity index (χ0n) is 9.57.